The Bertz CT molecular complexity index is 197. The highest BCUT2D eigenvalue weighted by Crippen LogP contribution is 2.45. The summed E-state index contributed by atoms with van der Waals surface area (Å²) in [6, 6.07) is 0.472. The van der Waals surface area contributed by atoms with Gasteiger partial charge in [0.25, 0.3) is 0 Å². The van der Waals surface area contributed by atoms with Gasteiger partial charge in [-0.15, -0.1) is 0 Å². The van der Waals surface area contributed by atoms with E-state index in [0.29, 0.717) is 16.8 Å². The molecule has 2 N–H and O–H groups in total. The van der Waals surface area contributed by atoms with E-state index in [0.717, 1.165) is 0 Å². The maximum Gasteiger partial charge on any atom is 0.0499 e. The van der Waals surface area contributed by atoms with Crippen molar-refractivity contribution in [2.45, 2.75) is 50.4 Å². The molecule has 0 bridgehead atoms. The van der Waals surface area contributed by atoms with Crippen LogP contribution in [0.5, 0.6) is 0 Å². The van der Waals surface area contributed by atoms with Crippen LogP contribution in [0.2, 0.25) is 0 Å². The minimum Gasteiger partial charge on any atom is -0.327 e. The van der Waals surface area contributed by atoms with Crippen molar-refractivity contribution in [3.8, 4) is 0 Å². The topological polar surface area (TPSA) is 29.3 Å². The Morgan fingerprint density at radius 2 is 2.00 bits per heavy atom. The normalized spacial score (nSPS) is 34.9. The van der Waals surface area contributed by atoms with Gasteiger partial charge in [0.1, 0.15) is 0 Å². The van der Waals surface area contributed by atoms with Gasteiger partial charge in [-0.05, 0) is 51.1 Å². The van der Waals surface area contributed by atoms with Crippen molar-refractivity contribution >= 4 is 12.6 Å². The molecular weight excluding hydrogens is 192 g/mol. The van der Waals surface area contributed by atoms with Crippen molar-refractivity contribution in [2.75, 3.05) is 13.1 Å². The van der Waals surface area contributed by atoms with Crippen molar-refractivity contribution in [3.63, 3.8) is 0 Å². The van der Waals surface area contributed by atoms with Crippen LogP contribution in [0.25, 0.3) is 0 Å². The van der Waals surface area contributed by atoms with E-state index in [9.17, 15) is 0 Å². The van der Waals surface area contributed by atoms with Crippen LogP contribution in [0.1, 0.15) is 39.0 Å². The Labute approximate surface area is 92.6 Å². The Kier molecular flexibility index (Phi) is 3.10. The summed E-state index contributed by atoms with van der Waals surface area (Å²) in [5, 5.41) is 0.407. The predicted molar refractivity (Wildman–Crippen MR) is 63.5 cm³/mol. The highest BCUT2D eigenvalue weighted by molar-refractivity contribution is 7.80. The van der Waals surface area contributed by atoms with E-state index in [4.69, 9.17) is 5.73 Å². The van der Waals surface area contributed by atoms with Crippen LogP contribution < -0.4 is 5.73 Å². The molecule has 2 atom stereocenters. The molecule has 2 nitrogen and oxygen atoms in total. The van der Waals surface area contributed by atoms with Crippen LogP contribution >= 0.6 is 12.6 Å². The van der Waals surface area contributed by atoms with Crippen molar-refractivity contribution in [3.05, 3.63) is 0 Å². The number of nitrogens with zero attached hydrogens (tertiary/aromatic N) is 1. The number of rotatable bonds is 1. The van der Waals surface area contributed by atoms with Crippen LogP contribution in [0, 0.1) is 5.41 Å². The summed E-state index contributed by atoms with van der Waals surface area (Å²) in [6.45, 7) is 4.55. The van der Waals surface area contributed by atoms with Crippen LogP contribution in [-0.4, -0.2) is 29.4 Å². The molecule has 0 radical (unpaired) electrons. The quantitative estimate of drug-likeness (QED) is 0.652. The van der Waals surface area contributed by atoms with Crippen molar-refractivity contribution in [1.29, 1.82) is 0 Å². The minimum absolute atomic E-state index is 0.407. The zero-order valence-electron chi connectivity index (χ0n) is 9.08. The zero-order chi connectivity index (χ0) is 10.2. The second-order valence-electron chi connectivity index (χ2n) is 5.03. The first-order valence-electron chi connectivity index (χ1n) is 5.82. The van der Waals surface area contributed by atoms with Gasteiger partial charge in [-0.25, -0.2) is 0 Å². The Morgan fingerprint density at radius 1 is 1.36 bits per heavy atom. The van der Waals surface area contributed by atoms with E-state index in [1.54, 1.807) is 0 Å². The third kappa shape index (κ3) is 1.82. The molecule has 0 amide bonds. The summed E-state index contributed by atoms with van der Waals surface area (Å²) >= 11 is 4.49. The average molecular weight is 214 g/mol. The Morgan fingerprint density at radius 3 is 2.43 bits per heavy atom. The molecule has 1 saturated heterocycles. The maximum absolute atomic E-state index is 6.23. The number of likely N-dealkylation sites (tertiary alicyclic amines) is 1. The number of piperidine rings is 1. The molecule has 2 fully saturated rings. The smallest absolute Gasteiger partial charge is 0.0499 e. The average Bonchev–Trinajstić information content (AvgIpc) is 2.49. The molecule has 2 aliphatic rings. The number of thiol groups is 1. The number of hydrogen-bond acceptors (Lipinski definition) is 3. The van der Waals surface area contributed by atoms with E-state index in [-0.39, 0.29) is 0 Å². The zero-order valence-corrected chi connectivity index (χ0v) is 9.97. The lowest BCUT2D eigenvalue weighted by atomic mass is 9.74. The lowest BCUT2D eigenvalue weighted by Crippen LogP contribution is -2.48. The fourth-order valence-corrected chi connectivity index (χ4v) is 3.36. The van der Waals surface area contributed by atoms with Gasteiger partial charge in [-0.2, -0.15) is 12.6 Å². The molecule has 1 aliphatic heterocycles. The lowest BCUT2D eigenvalue weighted by molar-refractivity contribution is 0.0921. The SMILES string of the molecule is CC(S)N1CCC2(CCC[C@@H]2N)CC1. The third-order valence-corrected chi connectivity index (χ3v) is 4.63. The predicted octanol–water partition coefficient (Wildman–Crippen LogP) is 1.86. The fourth-order valence-electron chi connectivity index (χ4n) is 3.13. The molecule has 1 saturated carbocycles. The molecule has 0 aromatic heterocycles. The van der Waals surface area contributed by atoms with Gasteiger partial charge in [-0.1, -0.05) is 6.42 Å². The van der Waals surface area contributed by atoms with Crippen LogP contribution in [0.3, 0.4) is 0 Å². The molecule has 3 heteroatoms. The molecule has 2 rings (SSSR count). The minimum atomic E-state index is 0.407. The van der Waals surface area contributed by atoms with Gasteiger partial charge >= 0.3 is 0 Å². The first kappa shape index (κ1) is 10.8. The standard InChI is InChI=1S/C11H22N2S/c1-9(14)13-7-5-11(6-8-13)4-2-3-10(11)12/h9-10,14H,2-8,12H2,1H3/t9?,10-/m0/s1. The summed E-state index contributed by atoms with van der Waals surface area (Å²) in [5.74, 6) is 0. The Hall–Kier alpha value is 0.270. The third-order valence-electron chi connectivity index (χ3n) is 4.30. The second kappa shape index (κ2) is 4.03. The van der Waals surface area contributed by atoms with Crippen molar-refractivity contribution in [1.82, 2.24) is 4.90 Å². The molecule has 1 aliphatic carbocycles. The van der Waals surface area contributed by atoms with E-state index < -0.39 is 0 Å². The van der Waals surface area contributed by atoms with E-state index in [1.807, 2.05) is 0 Å². The summed E-state index contributed by atoms with van der Waals surface area (Å²) < 4.78 is 0. The largest absolute Gasteiger partial charge is 0.327 e. The van der Waals surface area contributed by atoms with Gasteiger partial charge in [0, 0.05) is 11.4 Å². The Balaban J connectivity index is 1.94. The van der Waals surface area contributed by atoms with Crippen LogP contribution in [0.15, 0.2) is 0 Å². The molecule has 14 heavy (non-hydrogen) atoms. The summed E-state index contributed by atoms with van der Waals surface area (Å²) in [6.07, 6.45) is 6.54. The molecular formula is C11H22N2S. The van der Waals surface area contributed by atoms with Gasteiger partial charge in [0.05, 0.1) is 0 Å². The second-order valence-corrected chi connectivity index (χ2v) is 5.78. The molecule has 1 spiro atoms. The van der Waals surface area contributed by atoms with E-state index in [1.165, 1.54) is 45.2 Å². The number of hydrogen-bond donors (Lipinski definition) is 2. The molecule has 82 valence electrons. The van der Waals surface area contributed by atoms with Crippen molar-refractivity contribution in [2.24, 2.45) is 11.1 Å². The summed E-state index contributed by atoms with van der Waals surface area (Å²) in [4.78, 5) is 2.46. The van der Waals surface area contributed by atoms with Crippen LogP contribution in [0.4, 0.5) is 0 Å². The van der Waals surface area contributed by atoms with E-state index in [2.05, 4.69) is 24.5 Å². The highest BCUT2D eigenvalue weighted by atomic mass is 32.1. The monoisotopic (exact) mass is 214 g/mol. The van der Waals surface area contributed by atoms with Gasteiger partial charge in [0.15, 0.2) is 0 Å². The van der Waals surface area contributed by atoms with Gasteiger partial charge in [-0.3, -0.25) is 4.90 Å². The van der Waals surface area contributed by atoms with Gasteiger partial charge < -0.3 is 5.73 Å². The number of nitrogens with two attached hydrogens (primary N) is 1. The first-order chi connectivity index (χ1) is 6.64. The highest BCUT2D eigenvalue weighted by Gasteiger charge is 2.42. The molecule has 0 aromatic carbocycles. The fraction of sp³-hybridized carbons (Fsp3) is 1.00. The molecule has 1 unspecified atom stereocenters. The summed E-state index contributed by atoms with van der Waals surface area (Å²) in [7, 11) is 0. The van der Waals surface area contributed by atoms with Crippen LogP contribution in [-0.2, 0) is 0 Å². The maximum atomic E-state index is 6.23. The lowest BCUT2D eigenvalue weighted by Gasteiger charge is -2.43. The summed E-state index contributed by atoms with van der Waals surface area (Å²) in [5.41, 5.74) is 6.73. The van der Waals surface area contributed by atoms with Crippen molar-refractivity contribution < 1.29 is 0 Å². The first-order valence-corrected chi connectivity index (χ1v) is 6.33. The molecule has 1 heterocycles. The van der Waals surface area contributed by atoms with Gasteiger partial charge in [0.2, 0.25) is 0 Å². The molecule has 0 aromatic rings. The van der Waals surface area contributed by atoms with E-state index >= 15 is 0 Å².